The molecule has 1 saturated heterocycles. The molecule has 0 amide bonds. The Hall–Kier alpha value is -3.59. The van der Waals surface area contributed by atoms with E-state index in [0.29, 0.717) is 24.0 Å². The van der Waals surface area contributed by atoms with Gasteiger partial charge in [0.15, 0.2) is 5.65 Å². The van der Waals surface area contributed by atoms with E-state index in [1.54, 1.807) is 6.20 Å². The second kappa shape index (κ2) is 6.20. The zero-order valence-corrected chi connectivity index (χ0v) is 16.2. The molecule has 0 bridgehead atoms. The molecule has 1 spiro atoms. The van der Waals surface area contributed by atoms with Gasteiger partial charge in [-0.1, -0.05) is 12.1 Å². The van der Waals surface area contributed by atoms with Gasteiger partial charge in [0, 0.05) is 30.2 Å². The molecule has 4 N–H and O–H groups in total. The van der Waals surface area contributed by atoms with E-state index in [-0.39, 0.29) is 11.5 Å². The summed E-state index contributed by atoms with van der Waals surface area (Å²) in [6.07, 6.45) is 3.89. The van der Waals surface area contributed by atoms with Gasteiger partial charge in [-0.2, -0.15) is 9.97 Å². The van der Waals surface area contributed by atoms with Crippen LogP contribution in [0.2, 0.25) is 0 Å². The fourth-order valence-electron chi connectivity index (χ4n) is 3.98. The third-order valence-corrected chi connectivity index (χ3v) is 5.81. The number of anilines is 3. The molecule has 1 aliphatic carbocycles. The SMILES string of the molecule is Nc1ncc2ccc(-c3ccc4c(N)nc(N5CCOC6(CC6)C5)nc4n3)cc2n1. The lowest BCUT2D eigenvalue weighted by atomic mass is 10.1. The van der Waals surface area contributed by atoms with Gasteiger partial charge in [-0.05, 0) is 31.0 Å². The highest BCUT2D eigenvalue weighted by molar-refractivity contribution is 5.89. The number of morpholine rings is 1. The maximum absolute atomic E-state index is 6.25. The number of aromatic nitrogens is 5. The van der Waals surface area contributed by atoms with Crippen LogP contribution in [0.1, 0.15) is 12.8 Å². The Balaban J connectivity index is 1.42. The second-order valence-corrected chi connectivity index (χ2v) is 7.93. The van der Waals surface area contributed by atoms with Crippen molar-refractivity contribution in [3.63, 3.8) is 0 Å². The minimum atomic E-state index is -0.0184. The van der Waals surface area contributed by atoms with Crippen LogP contribution in [0.5, 0.6) is 0 Å². The molecule has 0 radical (unpaired) electrons. The predicted octanol–water partition coefficient (Wildman–Crippen LogP) is 2.17. The summed E-state index contributed by atoms with van der Waals surface area (Å²) < 4.78 is 5.90. The van der Waals surface area contributed by atoms with E-state index >= 15 is 0 Å². The third kappa shape index (κ3) is 2.86. The summed E-state index contributed by atoms with van der Waals surface area (Å²) in [6.45, 7) is 2.22. The van der Waals surface area contributed by atoms with Gasteiger partial charge in [0.25, 0.3) is 0 Å². The van der Waals surface area contributed by atoms with Crippen LogP contribution in [-0.2, 0) is 4.74 Å². The molecule has 1 saturated carbocycles. The fraction of sp³-hybridized carbons (Fsp3) is 0.286. The number of nitrogens with two attached hydrogens (primary N) is 2. The zero-order chi connectivity index (χ0) is 20.3. The quantitative estimate of drug-likeness (QED) is 0.520. The number of hydrogen-bond acceptors (Lipinski definition) is 9. The third-order valence-electron chi connectivity index (χ3n) is 5.81. The van der Waals surface area contributed by atoms with E-state index in [0.717, 1.165) is 53.5 Å². The highest BCUT2D eigenvalue weighted by atomic mass is 16.5. The van der Waals surface area contributed by atoms with Crippen LogP contribution >= 0.6 is 0 Å². The number of nitrogen functional groups attached to an aromatic ring is 2. The highest BCUT2D eigenvalue weighted by Gasteiger charge is 2.48. The molecule has 150 valence electrons. The molecule has 6 rings (SSSR count). The van der Waals surface area contributed by atoms with Crippen molar-refractivity contribution in [2.45, 2.75) is 18.4 Å². The molecular weight excluding hydrogens is 380 g/mol. The highest BCUT2D eigenvalue weighted by Crippen LogP contribution is 2.42. The average molecular weight is 400 g/mol. The van der Waals surface area contributed by atoms with Crippen LogP contribution in [0.25, 0.3) is 33.2 Å². The van der Waals surface area contributed by atoms with Gasteiger partial charge in [0.05, 0.1) is 28.8 Å². The summed E-state index contributed by atoms with van der Waals surface area (Å²) >= 11 is 0. The van der Waals surface area contributed by atoms with Crippen LogP contribution in [0, 0.1) is 0 Å². The molecule has 3 aromatic heterocycles. The molecule has 9 heteroatoms. The lowest BCUT2D eigenvalue weighted by molar-refractivity contribution is 0.0201. The maximum Gasteiger partial charge on any atom is 0.229 e. The van der Waals surface area contributed by atoms with Crippen molar-refractivity contribution >= 4 is 39.7 Å². The van der Waals surface area contributed by atoms with Crippen molar-refractivity contribution in [1.82, 2.24) is 24.9 Å². The van der Waals surface area contributed by atoms with Crippen molar-refractivity contribution in [2.24, 2.45) is 0 Å². The first-order chi connectivity index (χ1) is 14.6. The minimum Gasteiger partial charge on any atom is -0.383 e. The lowest BCUT2D eigenvalue weighted by Crippen LogP contribution is -2.44. The normalized spacial score (nSPS) is 17.7. The van der Waals surface area contributed by atoms with E-state index in [1.165, 1.54) is 0 Å². The molecular formula is C21H20N8O. The standard InChI is InChI=1S/C21H20N8O/c22-17-14-3-4-15(12-1-2-13-10-24-19(23)26-16(13)9-12)25-18(14)28-20(27-17)29-7-8-30-21(11-29)5-6-21/h1-4,9-10H,5-8,11H2,(H2,23,24,26)(H2,22,25,27,28). The van der Waals surface area contributed by atoms with Gasteiger partial charge >= 0.3 is 0 Å². The summed E-state index contributed by atoms with van der Waals surface area (Å²) in [4.78, 5) is 24.5. The molecule has 2 aliphatic rings. The molecule has 0 atom stereocenters. The van der Waals surface area contributed by atoms with E-state index in [2.05, 4.69) is 19.9 Å². The van der Waals surface area contributed by atoms with Crippen molar-refractivity contribution in [3.05, 3.63) is 36.5 Å². The monoisotopic (exact) mass is 400 g/mol. The lowest BCUT2D eigenvalue weighted by Gasteiger charge is -2.33. The molecule has 1 aliphatic heterocycles. The second-order valence-electron chi connectivity index (χ2n) is 7.93. The number of benzene rings is 1. The van der Waals surface area contributed by atoms with Crippen LogP contribution in [0.3, 0.4) is 0 Å². The minimum absolute atomic E-state index is 0.0184. The van der Waals surface area contributed by atoms with Gasteiger partial charge in [0.1, 0.15) is 5.82 Å². The van der Waals surface area contributed by atoms with Crippen LogP contribution in [0.15, 0.2) is 36.5 Å². The summed E-state index contributed by atoms with van der Waals surface area (Å²) in [6, 6.07) is 9.73. The summed E-state index contributed by atoms with van der Waals surface area (Å²) in [7, 11) is 0. The smallest absolute Gasteiger partial charge is 0.229 e. The summed E-state index contributed by atoms with van der Waals surface area (Å²) in [5.74, 6) is 1.29. The molecule has 4 aromatic rings. The molecule has 1 aromatic carbocycles. The summed E-state index contributed by atoms with van der Waals surface area (Å²) in [5.41, 5.74) is 15.0. The van der Waals surface area contributed by atoms with E-state index in [4.69, 9.17) is 26.2 Å². The van der Waals surface area contributed by atoms with Crippen molar-refractivity contribution in [1.29, 1.82) is 0 Å². The van der Waals surface area contributed by atoms with Crippen LogP contribution in [0.4, 0.5) is 17.7 Å². The zero-order valence-electron chi connectivity index (χ0n) is 16.2. The molecule has 30 heavy (non-hydrogen) atoms. The Morgan fingerprint density at radius 1 is 1.00 bits per heavy atom. The molecule has 2 fully saturated rings. The van der Waals surface area contributed by atoms with E-state index < -0.39 is 0 Å². The van der Waals surface area contributed by atoms with Gasteiger partial charge in [-0.25, -0.2) is 15.0 Å². The Labute approximate surface area is 172 Å². The fourth-order valence-corrected chi connectivity index (χ4v) is 3.98. The number of nitrogens with zero attached hydrogens (tertiary/aromatic N) is 6. The Morgan fingerprint density at radius 3 is 2.77 bits per heavy atom. The van der Waals surface area contributed by atoms with Crippen molar-refractivity contribution in [3.8, 4) is 11.3 Å². The number of ether oxygens (including phenoxy) is 1. The summed E-state index contributed by atoms with van der Waals surface area (Å²) in [5, 5.41) is 1.66. The van der Waals surface area contributed by atoms with Crippen molar-refractivity contribution in [2.75, 3.05) is 36.1 Å². The predicted molar refractivity (Wildman–Crippen MR) is 115 cm³/mol. The van der Waals surface area contributed by atoms with E-state index in [9.17, 15) is 0 Å². The number of fused-ring (bicyclic) bond motifs is 2. The largest absolute Gasteiger partial charge is 0.383 e. The maximum atomic E-state index is 6.25. The number of pyridine rings is 1. The Bertz CT molecular complexity index is 1300. The van der Waals surface area contributed by atoms with Crippen LogP contribution < -0.4 is 16.4 Å². The first kappa shape index (κ1) is 17.3. The van der Waals surface area contributed by atoms with Gasteiger partial charge < -0.3 is 21.1 Å². The number of hydrogen-bond donors (Lipinski definition) is 2. The van der Waals surface area contributed by atoms with Gasteiger partial charge in [0.2, 0.25) is 11.9 Å². The molecule has 4 heterocycles. The Kier molecular flexibility index (Phi) is 3.57. The van der Waals surface area contributed by atoms with Crippen molar-refractivity contribution < 1.29 is 4.74 Å². The van der Waals surface area contributed by atoms with Gasteiger partial charge in [-0.3, -0.25) is 0 Å². The van der Waals surface area contributed by atoms with Gasteiger partial charge in [-0.15, -0.1) is 0 Å². The number of rotatable bonds is 2. The first-order valence-corrected chi connectivity index (χ1v) is 9.94. The topological polar surface area (TPSA) is 129 Å². The molecule has 9 nitrogen and oxygen atoms in total. The Morgan fingerprint density at radius 2 is 1.90 bits per heavy atom. The van der Waals surface area contributed by atoms with E-state index in [1.807, 2.05) is 30.3 Å². The van der Waals surface area contributed by atoms with Crippen LogP contribution in [-0.4, -0.2) is 50.2 Å². The first-order valence-electron chi connectivity index (χ1n) is 9.94. The molecule has 0 unspecified atom stereocenters. The average Bonchev–Trinajstić information content (AvgIpc) is 3.50.